The number of carbonyl (C=O) groups is 3. The Labute approximate surface area is 87.2 Å². The number of likely N-dealkylation sites (tertiary alicyclic amines) is 1. The van der Waals surface area contributed by atoms with Gasteiger partial charge in [0, 0.05) is 13.0 Å². The molecule has 0 aliphatic carbocycles. The normalized spacial score (nSPS) is 17.7. The molecule has 0 bridgehead atoms. The van der Waals surface area contributed by atoms with Gasteiger partial charge < -0.3 is 10.0 Å². The van der Waals surface area contributed by atoms with E-state index in [0.717, 1.165) is 6.42 Å². The van der Waals surface area contributed by atoms with E-state index >= 15 is 0 Å². The Hall–Kier alpha value is -1.59. The molecule has 1 fully saturated rings. The Bertz CT molecular complexity index is 290. The van der Waals surface area contributed by atoms with Crippen LogP contribution in [0.15, 0.2) is 0 Å². The molecule has 3 amide bonds. The van der Waals surface area contributed by atoms with Gasteiger partial charge in [0.25, 0.3) is 5.91 Å². The Kier molecular flexibility index (Phi) is 3.65. The smallest absolute Gasteiger partial charge is 0.411 e. The van der Waals surface area contributed by atoms with Gasteiger partial charge in [0.1, 0.15) is 6.04 Å². The van der Waals surface area contributed by atoms with Gasteiger partial charge in [-0.05, 0) is 12.8 Å². The molecule has 84 valence electrons. The summed E-state index contributed by atoms with van der Waals surface area (Å²) in [5.41, 5.74) is 0. The van der Waals surface area contributed by atoms with Gasteiger partial charge >= 0.3 is 6.09 Å². The first-order valence-corrected chi connectivity index (χ1v) is 4.89. The van der Waals surface area contributed by atoms with Crippen LogP contribution in [0.5, 0.6) is 0 Å². The summed E-state index contributed by atoms with van der Waals surface area (Å²) in [5, 5.41) is 10.2. The van der Waals surface area contributed by atoms with E-state index in [2.05, 4.69) is 0 Å². The average molecular weight is 214 g/mol. The van der Waals surface area contributed by atoms with Crippen LogP contribution in [0.1, 0.15) is 26.2 Å². The molecule has 1 aliphatic rings. The van der Waals surface area contributed by atoms with E-state index in [4.69, 9.17) is 5.11 Å². The Morgan fingerprint density at radius 1 is 1.60 bits per heavy atom. The molecule has 15 heavy (non-hydrogen) atoms. The molecule has 0 spiro atoms. The highest BCUT2D eigenvalue weighted by Gasteiger charge is 2.31. The predicted molar refractivity (Wildman–Crippen MR) is 51.2 cm³/mol. The van der Waals surface area contributed by atoms with E-state index in [1.165, 1.54) is 4.90 Å². The summed E-state index contributed by atoms with van der Waals surface area (Å²) in [7, 11) is 0. The van der Waals surface area contributed by atoms with Crippen molar-refractivity contribution in [1.29, 1.82) is 0 Å². The van der Waals surface area contributed by atoms with Gasteiger partial charge in [-0.15, -0.1) is 0 Å². The van der Waals surface area contributed by atoms with Gasteiger partial charge in [0.2, 0.25) is 5.91 Å². The van der Waals surface area contributed by atoms with Gasteiger partial charge in [-0.25, -0.2) is 4.79 Å². The van der Waals surface area contributed by atoms with Gasteiger partial charge in [-0.3, -0.25) is 14.9 Å². The maximum absolute atomic E-state index is 11.4. The summed E-state index contributed by atoms with van der Waals surface area (Å²) < 4.78 is 0. The second-order valence-corrected chi connectivity index (χ2v) is 3.41. The molecule has 1 heterocycles. The highest BCUT2D eigenvalue weighted by molar-refractivity contribution is 5.96. The van der Waals surface area contributed by atoms with E-state index in [9.17, 15) is 14.4 Å². The molecule has 6 heteroatoms. The second-order valence-electron chi connectivity index (χ2n) is 3.41. The third-order valence-corrected chi connectivity index (χ3v) is 2.41. The Morgan fingerprint density at radius 3 is 2.67 bits per heavy atom. The number of carboxylic acid groups (broad SMARTS) is 1. The average Bonchev–Trinajstić information content (AvgIpc) is 2.52. The molecular formula is C9H14N2O4. The fraction of sp³-hybridized carbons (Fsp3) is 0.667. The number of hydrogen-bond donors (Lipinski definition) is 2. The highest BCUT2D eigenvalue weighted by atomic mass is 16.4. The van der Waals surface area contributed by atoms with Crippen molar-refractivity contribution in [2.24, 2.45) is 0 Å². The summed E-state index contributed by atoms with van der Waals surface area (Å²) in [6.07, 6.45) is 0.210. The Balaban J connectivity index is 2.65. The molecule has 1 aliphatic heterocycles. The zero-order valence-corrected chi connectivity index (χ0v) is 8.52. The fourth-order valence-electron chi connectivity index (χ4n) is 1.73. The van der Waals surface area contributed by atoms with Crippen LogP contribution in [-0.4, -0.2) is 40.5 Å². The van der Waals surface area contributed by atoms with Crippen LogP contribution in [0.4, 0.5) is 4.79 Å². The van der Waals surface area contributed by atoms with E-state index < -0.39 is 18.0 Å². The minimum atomic E-state index is -1.38. The maximum atomic E-state index is 11.4. The van der Waals surface area contributed by atoms with E-state index in [1.54, 1.807) is 12.2 Å². The van der Waals surface area contributed by atoms with Crippen LogP contribution in [0.3, 0.4) is 0 Å². The molecule has 0 aromatic rings. The third-order valence-electron chi connectivity index (χ3n) is 2.41. The van der Waals surface area contributed by atoms with Crippen LogP contribution in [-0.2, 0) is 9.59 Å². The number of nitrogens with one attached hydrogen (secondary N) is 1. The van der Waals surface area contributed by atoms with E-state index in [0.29, 0.717) is 19.4 Å². The minimum absolute atomic E-state index is 0.0811. The lowest BCUT2D eigenvalue weighted by Crippen LogP contribution is -2.48. The number of imide groups is 1. The zero-order valence-electron chi connectivity index (χ0n) is 8.52. The lowest BCUT2D eigenvalue weighted by molar-refractivity contribution is -0.137. The maximum Gasteiger partial charge on any atom is 0.411 e. The van der Waals surface area contributed by atoms with Crippen molar-refractivity contribution in [3.05, 3.63) is 0 Å². The van der Waals surface area contributed by atoms with Crippen LogP contribution in [0.2, 0.25) is 0 Å². The molecule has 1 rings (SSSR count). The van der Waals surface area contributed by atoms with Crippen molar-refractivity contribution in [3.8, 4) is 0 Å². The van der Waals surface area contributed by atoms with Crippen molar-refractivity contribution in [2.75, 3.05) is 6.54 Å². The molecule has 1 atom stereocenters. The second kappa shape index (κ2) is 4.77. The first-order valence-electron chi connectivity index (χ1n) is 4.89. The van der Waals surface area contributed by atoms with E-state index in [-0.39, 0.29) is 5.91 Å². The summed E-state index contributed by atoms with van der Waals surface area (Å²) in [5.74, 6) is -0.706. The summed E-state index contributed by atoms with van der Waals surface area (Å²) in [4.78, 5) is 34.5. The zero-order chi connectivity index (χ0) is 11.4. The lowest BCUT2D eigenvalue weighted by atomic mass is 10.2. The molecule has 0 saturated carbocycles. The Morgan fingerprint density at radius 2 is 2.27 bits per heavy atom. The van der Waals surface area contributed by atoms with Crippen LogP contribution >= 0.6 is 0 Å². The van der Waals surface area contributed by atoms with Crippen molar-refractivity contribution in [1.82, 2.24) is 10.2 Å². The SMILES string of the molecule is CCC(C(=O)NC(=O)O)N1CCCC1=O. The van der Waals surface area contributed by atoms with Crippen molar-refractivity contribution >= 4 is 17.9 Å². The number of hydrogen-bond acceptors (Lipinski definition) is 3. The van der Waals surface area contributed by atoms with Gasteiger partial charge in [-0.2, -0.15) is 0 Å². The van der Waals surface area contributed by atoms with Crippen molar-refractivity contribution in [3.63, 3.8) is 0 Å². The quantitative estimate of drug-likeness (QED) is 0.701. The van der Waals surface area contributed by atoms with E-state index in [1.807, 2.05) is 0 Å². The van der Waals surface area contributed by atoms with Crippen LogP contribution < -0.4 is 5.32 Å². The summed E-state index contributed by atoms with van der Waals surface area (Å²) in [6.45, 7) is 2.28. The molecule has 1 saturated heterocycles. The molecule has 2 N–H and O–H groups in total. The summed E-state index contributed by atoms with van der Waals surface area (Å²) >= 11 is 0. The van der Waals surface area contributed by atoms with Crippen LogP contribution in [0, 0.1) is 0 Å². The molecule has 0 aromatic carbocycles. The predicted octanol–water partition coefficient (Wildman–Crippen LogP) is 0.182. The van der Waals surface area contributed by atoms with Crippen molar-refractivity contribution < 1.29 is 19.5 Å². The largest absolute Gasteiger partial charge is 0.465 e. The first-order chi connectivity index (χ1) is 7.06. The van der Waals surface area contributed by atoms with Crippen LogP contribution in [0.25, 0.3) is 0 Å². The standard InChI is InChI=1S/C9H14N2O4/c1-2-6(8(13)10-9(14)15)11-5-3-4-7(11)12/h6H,2-5H2,1H3,(H,10,13)(H,14,15). The third kappa shape index (κ3) is 2.68. The molecule has 0 aromatic heterocycles. The molecule has 6 nitrogen and oxygen atoms in total. The molecule has 1 unspecified atom stereocenters. The first kappa shape index (κ1) is 11.5. The fourth-order valence-corrected chi connectivity index (χ4v) is 1.73. The number of amides is 3. The molecular weight excluding hydrogens is 200 g/mol. The monoisotopic (exact) mass is 214 g/mol. The minimum Gasteiger partial charge on any atom is -0.465 e. The topological polar surface area (TPSA) is 86.7 Å². The highest BCUT2D eigenvalue weighted by Crippen LogP contribution is 2.15. The van der Waals surface area contributed by atoms with Gasteiger partial charge in [0.15, 0.2) is 0 Å². The number of rotatable bonds is 3. The molecule has 0 radical (unpaired) electrons. The van der Waals surface area contributed by atoms with Gasteiger partial charge in [-0.1, -0.05) is 6.92 Å². The van der Waals surface area contributed by atoms with Crippen molar-refractivity contribution in [2.45, 2.75) is 32.2 Å². The van der Waals surface area contributed by atoms with Gasteiger partial charge in [0.05, 0.1) is 0 Å². The lowest BCUT2D eigenvalue weighted by Gasteiger charge is -2.24. The number of nitrogens with zero attached hydrogens (tertiary/aromatic N) is 1. The summed E-state index contributed by atoms with van der Waals surface area (Å²) in [6, 6.07) is -0.656. The number of carbonyl (C=O) groups excluding carboxylic acids is 2.